The lowest BCUT2D eigenvalue weighted by molar-refractivity contribution is 0.626. The zero-order valence-electron chi connectivity index (χ0n) is 12.3. The third kappa shape index (κ3) is 3.80. The van der Waals surface area contributed by atoms with Gasteiger partial charge < -0.3 is 5.32 Å². The fraction of sp³-hybridized carbons (Fsp3) is 0.733. The van der Waals surface area contributed by atoms with Crippen molar-refractivity contribution >= 4 is 28.4 Å². The summed E-state index contributed by atoms with van der Waals surface area (Å²) in [6.07, 6.45) is 3.40. The van der Waals surface area contributed by atoms with Crippen LogP contribution in [0.5, 0.6) is 0 Å². The maximum atomic E-state index is 4.83. The molecular weight excluding hydrogens is 349 g/mol. The largest absolute Gasteiger partial charge is 0.369 e. The Labute approximate surface area is 130 Å². The summed E-state index contributed by atoms with van der Waals surface area (Å²) in [6, 6.07) is 0. The van der Waals surface area contributed by atoms with Crippen molar-refractivity contribution in [3.05, 3.63) is 15.1 Å². The number of rotatable bonds is 6. The van der Waals surface area contributed by atoms with Crippen LogP contribution in [0.4, 0.5) is 5.82 Å². The Kier molecular flexibility index (Phi) is 5.03. The Bertz CT molecular complexity index is 445. The molecule has 0 amide bonds. The molecule has 1 fully saturated rings. The number of nitrogens with one attached hydrogen (secondary N) is 1. The molecule has 1 aliphatic rings. The van der Waals surface area contributed by atoms with E-state index in [4.69, 9.17) is 9.97 Å². The van der Waals surface area contributed by atoms with E-state index in [9.17, 15) is 0 Å². The summed E-state index contributed by atoms with van der Waals surface area (Å²) < 4.78 is 1.21. The molecule has 19 heavy (non-hydrogen) atoms. The van der Waals surface area contributed by atoms with Crippen LogP contribution in [0, 0.1) is 15.4 Å². The zero-order chi connectivity index (χ0) is 14.0. The van der Waals surface area contributed by atoms with Crippen LogP contribution < -0.4 is 5.32 Å². The Morgan fingerprint density at radius 3 is 2.58 bits per heavy atom. The van der Waals surface area contributed by atoms with Crippen LogP contribution in [0.1, 0.15) is 58.0 Å². The highest BCUT2D eigenvalue weighted by Crippen LogP contribution is 2.46. The van der Waals surface area contributed by atoms with Crippen LogP contribution in [0.15, 0.2) is 0 Å². The number of nitrogens with zero attached hydrogens (tertiary/aromatic N) is 2. The van der Waals surface area contributed by atoms with Crippen LogP contribution >= 0.6 is 22.6 Å². The first kappa shape index (κ1) is 15.0. The Morgan fingerprint density at radius 1 is 1.37 bits per heavy atom. The van der Waals surface area contributed by atoms with E-state index >= 15 is 0 Å². The molecule has 3 nitrogen and oxygen atoms in total. The maximum Gasteiger partial charge on any atom is 0.143 e. The molecule has 106 valence electrons. The highest BCUT2D eigenvalue weighted by Gasteiger charge is 2.37. The Hall–Kier alpha value is -0.390. The molecule has 0 spiro atoms. The summed E-state index contributed by atoms with van der Waals surface area (Å²) >= 11 is 2.39. The zero-order valence-corrected chi connectivity index (χ0v) is 14.5. The molecule has 0 bridgehead atoms. The lowest BCUT2D eigenvalue weighted by Gasteiger charge is -2.14. The number of hydrogen-bond acceptors (Lipinski definition) is 3. The van der Waals surface area contributed by atoms with Gasteiger partial charge in [-0.3, -0.25) is 0 Å². The normalized spacial score (nSPS) is 21.8. The average Bonchev–Trinajstić information content (AvgIpc) is 3.07. The van der Waals surface area contributed by atoms with Gasteiger partial charge in [-0.15, -0.1) is 0 Å². The highest BCUT2D eigenvalue weighted by atomic mass is 127. The second kappa shape index (κ2) is 6.37. The molecule has 0 aromatic carbocycles. The van der Waals surface area contributed by atoms with Crippen LogP contribution in [0.25, 0.3) is 0 Å². The Morgan fingerprint density at radius 2 is 2.05 bits per heavy atom. The van der Waals surface area contributed by atoms with E-state index in [1.54, 1.807) is 0 Å². The molecule has 1 saturated carbocycles. The molecule has 1 N–H and O–H groups in total. The molecule has 2 atom stereocenters. The molecule has 1 heterocycles. The quantitative estimate of drug-likeness (QED) is 0.759. The monoisotopic (exact) mass is 373 g/mol. The maximum absolute atomic E-state index is 4.83. The molecular formula is C15H24IN3. The number of anilines is 1. The van der Waals surface area contributed by atoms with Crippen molar-refractivity contribution in [3.8, 4) is 0 Å². The molecule has 1 aromatic heterocycles. The standard InChI is InChI=1S/C15H24IN3/c1-5-6-17-15-13(16)12(7-9(2)3)18-14(19-15)11-8-10(11)4/h9-11H,5-8H2,1-4H3,(H,17,18,19). The summed E-state index contributed by atoms with van der Waals surface area (Å²) in [7, 11) is 0. The first-order chi connectivity index (χ1) is 9.02. The lowest BCUT2D eigenvalue weighted by atomic mass is 10.1. The first-order valence-electron chi connectivity index (χ1n) is 7.33. The van der Waals surface area contributed by atoms with E-state index in [-0.39, 0.29) is 0 Å². The summed E-state index contributed by atoms with van der Waals surface area (Å²) in [5, 5.41) is 3.46. The van der Waals surface area contributed by atoms with Gasteiger partial charge in [0.25, 0.3) is 0 Å². The molecule has 0 radical (unpaired) electrons. The molecule has 1 aromatic rings. The van der Waals surface area contributed by atoms with Gasteiger partial charge >= 0.3 is 0 Å². The van der Waals surface area contributed by atoms with Crippen LogP contribution in [-0.2, 0) is 6.42 Å². The summed E-state index contributed by atoms with van der Waals surface area (Å²) in [5.41, 5.74) is 1.22. The van der Waals surface area contributed by atoms with Crippen molar-refractivity contribution in [2.75, 3.05) is 11.9 Å². The molecule has 2 unspecified atom stereocenters. The number of halogens is 1. The minimum Gasteiger partial charge on any atom is -0.369 e. The average molecular weight is 373 g/mol. The van der Waals surface area contributed by atoms with Crippen molar-refractivity contribution in [1.82, 2.24) is 9.97 Å². The van der Waals surface area contributed by atoms with Gasteiger partial charge in [0.05, 0.1) is 9.26 Å². The van der Waals surface area contributed by atoms with Crippen LogP contribution in [0.2, 0.25) is 0 Å². The van der Waals surface area contributed by atoms with Gasteiger partial charge in [0.2, 0.25) is 0 Å². The summed E-state index contributed by atoms with van der Waals surface area (Å²) in [4.78, 5) is 9.60. The van der Waals surface area contributed by atoms with E-state index < -0.39 is 0 Å². The summed E-state index contributed by atoms with van der Waals surface area (Å²) in [5.74, 6) is 4.08. The molecule has 0 aliphatic heterocycles. The predicted molar refractivity (Wildman–Crippen MR) is 88.6 cm³/mol. The molecule has 0 saturated heterocycles. The second-order valence-corrected chi connectivity index (χ2v) is 7.11. The van der Waals surface area contributed by atoms with Gasteiger partial charge in [0.1, 0.15) is 11.6 Å². The van der Waals surface area contributed by atoms with Crippen molar-refractivity contribution in [1.29, 1.82) is 0 Å². The van der Waals surface area contributed by atoms with E-state index in [1.165, 1.54) is 15.7 Å². The first-order valence-corrected chi connectivity index (χ1v) is 8.41. The van der Waals surface area contributed by atoms with Crippen molar-refractivity contribution in [3.63, 3.8) is 0 Å². The minimum atomic E-state index is 0.588. The SMILES string of the molecule is CCCNc1nc(C2CC2C)nc(CC(C)C)c1I. The van der Waals surface area contributed by atoms with Crippen LogP contribution in [0.3, 0.4) is 0 Å². The second-order valence-electron chi connectivity index (χ2n) is 6.04. The highest BCUT2D eigenvalue weighted by molar-refractivity contribution is 14.1. The van der Waals surface area contributed by atoms with Crippen molar-refractivity contribution in [2.24, 2.45) is 11.8 Å². The topological polar surface area (TPSA) is 37.8 Å². The van der Waals surface area contributed by atoms with Crippen LogP contribution in [-0.4, -0.2) is 16.5 Å². The molecule has 4 heteroatoms. The predicted octanol–water partition coefficient (Wildman–Crippen LogP) is 4.23. The van der Waals surface area contributed by atoms with E-state index in [2.05, 4.69) is 55.6 Å². The van der Waals surface area contributed by atoms with Crippen molar-refractivity contribution in [2.45, 2.75) is 52.9 Å². The van der Waals surface area contributed by atoms with Gasteiger partial charge in [0.15, 0.2) is 0 Å². The number of aromatic nitrogens is 2. The lowest BCUT2D eigenvalue weighted by Crippen LogP contribution is -2.12. The van der Waals surface area contributed by atoms with Gasteiger partial charge in [-0.1, -0.05) is 27.7 Å². The van der Waals surface area contributed by atoms with E-state index in [0.717, 1.165) is 36.9 Å². The fourth-order valence-electron chi connectivity index (χ4n) is 2.24. The van der Waals surface area contributed by atoms with Gasteiger partial charge in [-0.05, 0) is 53.7 Å². The number of hydrogen-bond donors (Lipinski definition) is 1. The van der Waals surface area contributed by atoms with Gasteiger partial charge in [0, 0.05) is 12.5 Å². The van der Waals surface area contributed by atoms with E-state index in [0.29, 0.717) is 11.8 Å². The molecule has 1 aliphatic carbocycles. The van der Waals surface area contributed by atoms with E-state index in [1.807, 2.05) is 0 Å². The Balaban J connectivity index is 2.29. The van der Waals surface area contributed by atoms with Crippen molar-refractivity contribution < 1.29 is 0 Å². The fourth-order valence-corrected chi connectivity index (χ4v) is 2.89. The van der Waals surface area contributed by atoms with Gasteiger partial charge in [-0.25, -0.2) is 9.97 Å². The summed E-state index contributed by atoms with van der Waals surface area (Å²) in [6.45, 7) is 9.94. The third-order valence-corrected chi connectivity index (χ3v) is 4.66. The third-order valence-electron chi connectivity index (χ3n) is 3.52. The smallest absolute Gasteiger partial charge is 0.143 e. The molecule has 2 rings (SSSR count). The minimum absolute atomic E-state index is 0.588. The van der Waals surface area contributed by atoms with Gasteiger partial charge in [-0.2, -0.15) is 0 Å².